The zero-order valence-electron chi connectivity index (χ0n) is 28.2. The van der Waals surface area contributed by atoms with E-state index >= 15 is 0 Å². The fourth-order valence-electron chi connectivity index (χ4n) is 7.55. The van der Waals surface area contributed by atoms with E-state index in [1.807, 2.05) is 30.0 Å². The molecule has 0 amide bonds. The molecule has 9 rings (SSSR count). The van der Waals surface area contributed by atoms with Crippen molar-refractivity contribution in [3.63, 3.8) is 0 Å². The smallest absolute Gasteiger partial charge is 0.125 e. The minimum absolute atomic E-state index is 0.243. The predicted octanol–water partition coefficient (Wildman–Crippen LogP) is 13.2. The van der Waals surface area contributed by atoms with Crippen molar-refractivity contribution in [3.05, 3.63) is 187 Å². The molecule has 1 heterocycles. The molecule has 1 atom stereocenters. The Kier molecular flexibility index (Phi) is 8.27. The van der Waals surface area contributed by atoms with Gasteiger partial charge in [0.25, 0.3) is 0 Å². The van der Waals surface area contributed by atoms with Crippen molar-refractivity contribution < 1.29 is 5.11 Å². The molecular formula is C48H37NOS. The van der Waals surface area contributed by atoms with Gasteiger partial charge < -0.3 is 10.4 Å². The number of hydrogen-bond acceptors (Lipinski definition) is 3. The number of aromatic hydroxyl groups is 1. The molecule has 0 saturated carbocycles. The molecule has 51 heavy (non-hydrogen) atoms. The Labute approximate surface area is 304 Å². The second-order valence-electron chi connectivity index (χ2n) is 13.4. The number of nitrogens with one attached hydrogen (secondary N) is 1. The van der Waals surface area contributed by atoms with Crippen LogP contribution in [0.3, 0.4) is 0 Å². The third-order valence-electron chi connectivity index (χ3n) is 10.2. The van der Waals surface area contributed by atoms with Crippen molar-refractivity contribution in [2.45, 2.75) is 29.4 Å². The summed E-state index contributed by atoms with van der Waals surface area (Å²) in [5.41, 5.74) is 16.1. The number of allylic oxidation sites excluding steroid dienone is 7. The average Bonchev–Trinajstić information content (AvgIpc) is 3.57. The van der Waals surface area contributed by atoms with Crippen LogP contribution in [0.4, 0.5) is 11.4 Å². The third-order valence-corrected chi connectivity index (χ3v) is 11.6. The fourth-order valence-corrected chi connectivity index (χ4v) is 8.84. The maximum atomic E-state index is 11.3. The zero-order chi connectivity index (χ0) is 34.1. The number of hydrogen-bond donors (Lipinski definition) is 2. The molecule has 3 aliphatic rings. The minimum atomic E-state index is 0.243. The van der Waals surface area contributed by atoms with E-state index < -0.39 is 0 Å². The van der Waals surface area contributed by atoms with E-state index in [1.54, 1.807) is 6.07 Å². The fraction of sp³-hybridized carbons (Fsp3) is 0.0833. The standard InChI is InChI=1S/C48H37NOS/c50-45-15-8-14-44(49-39-28-25-36(26-29-39)38-27-30-47-43(31-38)41-12-6-7-16-46(41)51-47)48(45)42-13-5-4-11-40(42)37-23-21-35(22-24-37)34-19-17-33(18-20-34)32-9-2-1-3-10-32/h1-2,4-9,11-29,31,47,49-50H,3,10,30H2. The van der Waals surface area contributed by atoms with Crippen LogP contribution < -0.4 is 5.32 Å². The quantitative estimate of drug-likeness (QED) is 0.177. The zero-order valence-corrected chi connectivity index (χ0v) is 29.0. The molecule has 0 spiro atoms. The van der Waals surface area contributed by atoms with Crippen LogP contribution in [0.1, 0.15) is 36.0 Å². The largest absolute Gasteiger partial charge is 0.507 e. The summed E-state index contributed by atoms with van der Waals surface area (Å²) in [4.78, 5) is 1.38. The van der Waals surface area contributed by atoms with Crippen molar-refractivity contribution in [1.29, 1.82) is 0 Å². The van der Waals surface area contributed by atoms with Gasteiger partial charge in [0.1, 0.15) is 5.75 Å². The van der Waals surface area contributed by atoms with Gasteiger partial charge in [0.05, 0.1) is 5.69 Å². The lowest BCUT2D eigenvalue weighted by molar-refractivity contribution is 0.477. The van der Waals surface area contributed by atoms with Gasteiger partial charge in [0.15, 0.2) is 0 Å². The van der Waals surface area contributed by atoms with E-state index in [2.05, 4.69) is 151 Å². The Balaban J connectivity index is 0.968. The number of phenols is 1. The highest BCUT2D eigenvalue weighted by Crippen LogP contribution is 2.49. The normalized spacial score (nSPS) is 16.1. The van der Waals surface area contributed by atoms with Gasteiger partial charge in [-0.05, 0) is 117 Å². The van der Waals surface area contributed by atoms with E-state index in [0.717, 1.165) is 52.9 Å². The van der Waals surface area contributed by atoms with Gasteiger partial charge >= 0.3 is 0 Å². The summed E-state index contributed by atoms with van der Waals surface area (Å²) in [5, 5.41) is 15.4. The number of phenolic OH excluding ortho intramolecular Hbond substituents is 1. The SMILES string of the molecule is Oc1cccc(Nc2ccc(C3=CCC4Sc5ccccc5C4=C3)cc2)c1-c1ccccc1-c1ccc(-c2ccc(C3=CC=CCC3)cc2)cc1. The molecule has 2 aliphatic carbocycles. The molecule has 0 aromatic heterocycles. The highest BCUT2D eigenvalue weighted by molar-refractivity contribution is 8.00. The lowest BCUT2D eigenvalue weighted by atomic mass is 9.90. The first kappa shape index (κ1) is 31.2. The molecule has 1 aliphatic heterocycles. The Morgan fingerprint density at radius 3 is 2.02 bits per heavy atom. The van der Waals surface area contributed by atoms with Crippen LogP contribution in [-0.2, 0) is 0 Å². The molecule has 1 unspecified atom stereocenters. The second-order valence-corrected chi connectivity index (χ2v) is 14.6. The van der Waals surface area contributed by atoms with Gasteiger partial charge in [0, 0.05) is 21.4 Å². The van der Waals surface area contributed by atoms with Crippen molar-refractivity contribution in [3.8, 4) is 39.1 Å². The average molecular weight is 676 g/mol. The molecule has 0 bridgehead atoms. The number of fused-ring (bicyclic) bond motifs is 3. The van der Waals surface area contributed by atoms with Crippen LogP contribution in [0.15, 0.2) is 175 Å². The molecule has 6 aromatic rings. The van der Waals surface area contributed by atoms with Crippen molar-refractivity contribution in [2.24, 2.45) is 0 Å². The van der Waals surface area contributed by atoms with Crippen molar-refractivity contribution in [1.82, 2.24) is 0 Å². The maximum Gasteiger partial charge on any atom is 0.125 e. The lowest BCUT2D eigenvalue weighted by Crippen LogP contribution is -2.03. The minimum Gasteiger partial charge on any atom is -0.507 e. The first-order valence-corrected chi connectivity index (χ1v) is 18.6. The molecule has 246 valence electrons. The summed E-state index contributed by atoms with van der Waals surface area (Å²) >= 11 is 1.98. The molecular weight excluding hydrogens is 639 g/mol. The Bertz CT molecular complexity index is 2380. The summed E-state index contributed by atoms with van der Waals surface area (Å²) in [6, 6.07) is 49.1. The Morgan fingerprint density at radius 1 is 0.608 bits per heavy atom. The van der Waals surface area contributed by atoms with Gasteiger partial charge in [-0.1, -0.05) is 133 Å². The van der Waals surface area contributed by atoms with E-state index in [9.17, 15) is 5.11 Å². The van der Waals surface area contributed by atoms with Crippen LogP contribution in [0.25, 0.3) is 50.1 Å². The predicted molar refractivity (Wildman–Crippen MR) is 217 cm³/mol. The van der Waals surface area contributed by atoms with Gasteiger partial charge in [0.2, 0.25) is 0 Å². The molecule has 6 aromatic carbocycles. The first-order chi connectivity index (χ1) is 25.2. The molecule has 0 radical (unpaired) electrons. The monoisotopic (exact) mass is 675 g/mol. The molecule has 3 heteroatoms. The van der Waals surface area contributed by atoms with E-state index in [-0.39, 0.29) is 5.75 Å². The van der Waals surface area contributed by atoms with Crippen molar-refractivity contribution >= 4 is 39.9 Å². The summed E-state index contributed by atoms with van der Waals surface area (Å²) in [6.07, 6.45) is 14.6. The lowest BCUT2D eigenvalue weighted by Gasteiger charge is -2.19. The Morgan fingerprint density at radius 2 is 1.27 bits per heavy atom. The second kappa shape index (κ2) is 13.5. The van der Waals surface area contributed by atoms with Gasteiger partial charge in [-0.25, -0.2) is 0 Å². The van der Waals surface area contributed by atoms with Crippen LogP contribution in [0.2, 0.25) is 0 Å². The van der Waals surface area contributed by atoms with Gasteiger partial charge in [-0.3, -0.25) is 0 Å². The van der Waals surface area contributed by atoms with Gasteiger partial charge in [-0.15, -0.1) is 11.8 Å². The van der Waals surface area contributed by atoms with Crippen LogP contribution in [0.5, 0.6) is 5.75 Å². The number of anilines is 2. The summed E-state index contributed by atoms with van der Waals surface area (Å²) in [6.45, 7) is 0. The highest BCUT2D eigenvalue weighted by atomic mass is 32.2. The van der Waals surface area contributed by atoms with E-state index in [1.165, 1.54) is 49.4 Å². The summed E-state index contributed by atoms with van der Waals surface area (Å²) in [5.74, 6) is 0.243. The van der Waals surface area contributed by atoms with Gasteiger partial charge in [-0.2, -0.15) is 0 Å². The summed E-state index contributed by atoms with van der Waals surface area (Å²) in [7, 11) is 0. The van der Waals surface area contributed by atoms with Crippen LogP contribution in [0, 0.1) is 0 Å². The van der Waals surface area contributed by atoms with E-state index in [0.29, 0.717) is 5.25 Å². The molecule has 2 N–H and O–H groups in total. The van der Waals surface area contributed by atoms with Crippen molar-refractivity contribution in [2.75, 3.05) is 5.32 Å². The Hall–Kier alpha value is -5.77. The number of thioether (sulfide) groups is 1. The van der Waals surface area contributed by atoms with Crippen LogP contribution in [-0.4, -0.2) is 10.4 Å². The first-order valence-electron chi connectivity index (χ1n) is 17.7. The molecule has 0 fully saturated rings. The third kappa shape index (κ3) is 6.15. The summed E-state index contributed by atoms with van der Waals surface area (Å²) < 4.78 is 0. The van der Waals surface area contributed by atoms with E-state index in [4.69, 9.17) is 0 Å². The molecule has 0 saturated heterocycles. The molecule has 2 nitrogen and oxygen atoms in total. The number of rotatable bonds is 7. The van der Waals surface area contributed by atoms with Crippen LogP contribution >= 0.6 is 11.8 Å². The number of benzene rings is 6. The topological polar surface area (TPSA) is 32.3 Å². The maximum absolute atomic E-state index is 11.3. The highest BCUT2D eigenvalue weighted by Gasteiger charge is 2.29.